The molecule has 126 valence electrons. The number of ether oxygens (including phenoxy) is 1. The zero-order chi connectivity index (χ0) is 16.7. The average molecular weight is 319 g/mol. The highest BCUT2D eigenvalue weighted by Gasteiger charge is 2.26. The van der Waals surface area contributed by atoms with Crippen molar-refractivity contribution in [2.24, 2.45) is 0 Å². The fourth-order valence-corrected chi connectivity index (χ4v) is 2.64. The molecule has 1 aliphatic heterocycles. The molecule has 1 saturated heterocycles. The number of anilines is 1. The first-order chi connectivity index (χ1) is 11.2. The third-order valence-electron chi connectivity index (χ3n) is 4.00. The van der Waals surface area contributed by atoms with E-state index < -0.39 is 11.8 Å². The van der Waals surface area contributed by atoms with Crippen molar-refractivity contribution in [3.05, 3.63) is 24.3 Å². The second kappa shape index (κ2) is 8.41. The number of hydrogen-bond acceptors (Lipinski definition) is 4. The molecule has 6 nitrogen and oxygen atoms in total. The van der Waals surface area contributed by atoms with Crippen LogP contribution in [0.25, 0.3) is 0 Å². The molecule has 0 radical (unpaired) electrons. The van der Waals surface area contributed by atoms with E-state index in [2.05, 4.69) is 10.2 Å². The number of rotatable bonds is 5. The van der Waals surface area contributed by atoms with Gasteiger partial charge >= 0.3 is 11.8 Å². The van der Waals surface area contributed by atoms with Gasteiger partial charge in [-0.1, -0.05) is 25.5 Å². The van der Waals surface area contributed by atoms with Gasteiger partial charge in [0.25, 0.3) is 0 Å². The molecule has 1 aromatic carbocycles. The zero-order valence-electron chi connectivity index (χ0n) is 13.9. The molecule has 1 heterocycles. The van der Waals surface area contributed by atoms with Crippen LogP contribution in [-0.2, 0) is 9.59 Å². The Balaban J connectivity index is 1.88. The van der Waals surface area contributed by atoms with Crippen molar-refractivity contribution in [1.29, 1.82) is 0 Å². The van der Waals surface area contributed by atoms with Crippen molar-refractivity contribution in [3.63, 3.8) is 0 Å². The van der Waals surface area contributed by atoms with Gasteiger partial charge in [-0.05, 0) is 18.6 Å². The molecule has 1 fully saturated rings. The number of hydrogen-bond donors (Lipinski definition) is 1. The number of methoxy groups -OCH3 is 1. The van der Waals surface area contributed by atoms with Crippen LogP contribution in [0.5, 0.6) is 5.75 Å². The smallest absolute Gasteiger partial charge is 0.312 e. The lowest BCUT2D eigenvalue weighted by molar-refractivity contribution is -0.146. The second-order valence-electron chi connectivity index (χ2n) is 5.56. The van der Waals surface area contributed by atoms with Crippen LogP contribution in [0.1, 0.15) is 19.8 Å². The minimum absolute atomic E-state index is 0.430. The van der Waals surface area contributed by atoms with Gasteiger partial charge in [0.15, 0.2) is 0 Å². The van der Waals surface area contributed by atoms with Crippen LogP contribution in [0.4, 0.5) is 5.69 Å². The van der Waals surface area contributed by atoms with Gasteiger partial charge in [-0.15, -0.1) is 0 Å². The number of amides is 2. The number of piperazine rings is 1. The van der Waals surface area contributed by atoms with Crippen LogP contribution in [0.3, 0.4) is 0 Å². The molecule has 0 saturated carbocycles. The Bertz CT molecular complexity index is 540. The lowest BCUT2D eigenvalue weighted by atomic mass is 10.2. The molecule has 0 atom stereocenters. The van der Waals surface area contributed by atoms with E-state index in [0.29, 0.717) is 32.7 Å². The van der Waals surface area contributed by atoms with E-state index in [1.165, 1.54) is 0 Å². The van der Waals surface area contributed by atoms with Crippen molar-refractivity contribution in [3.8, 4) is 5.75 Å². The fourth-order valence-electron chi connectivity index (χ4n) is 2.64. The molecule has 1 N–H and O–H groups in total. The largest absolute Gasteiger partial charge is 0.495 e. The van der Waals surface area contributed by atoms with E-state index in [1.807, 2.05) is 31.2 Å². The average Bonchev–Trinajstić information content (AvgIpc) is 2.61. The molecule has 0 bridgehead atoms. The van der Waals surface area contributed by atoms with Crippen LogP contribution in [-0.4, -0.2) is 56.5 Å². The van der Waals surface area contributed by atoms with Gasteiger partial charge in [0.1, 0.15) is 5.75 Å². The Morgan fingerprint density at radius 3 is 2.52 bits per heavy atom. The second-order valence-corrected chi connectivity index (χ2v) is 5.56. The topological polar surface area (TPSA) is 61.9 Å². The van der Waals surface area contributed by atoms with E-state index >= 15 is 0 Å². The molecule has 1 aromatic rings. The maximum absolute atomic E-state index is 12.1. The number of benzene rings is 1. The Morgan fingerprint density at radius 2 is 1.87 bits per heavy atom. The monoisotopic (exact) mass is 319 g/mol. The number of nitrogens with one attached hydrogen (secondary N) is 1. The highest BCUT2D eigenvalue weighted by atomic mass is 16.5. The molecule has 23 heavy (non-hydrogen) atoms. The molecular weight excluding hydrogens is 294 g/mol. The third-order valence-corrected chi connectivity index (χ3v) is 4.00. The SMILES string of the molecule is CCCCNC(=O)C(=O)N1CCN(c2ccccc2OC)CC1. The summed E-state index contributed by atoms with van der Waals surface area (Å²) in [7, 11) is 1.65. The van der Waals surface area contributed by atoms with E-state index in [9.17, 15) is 9.59 Å². The maximum Gasteiger partial charge on any atom is 0.312 e. The van der Waals surface area contributed by atoms with Crippen molar-refractivity contribution >= 4 is 17.5 Å². The number of carbonyl (C=O) groups is 2. The summed E-state index contributed by atoms with van der Waals surface area (Å²) >= 11 is 0. The van der Waals surface area contributed by atoms with Crippen molar-refractivity contribution in [1.82, 2.24) is 10.2 Å². The predicted octanol–water partition coefficient (Wildman–Crippen LogP) is 1.26. The van der Waals surface area contributed by atoms with Gasteiger partial charge in [-0.3, -0.25) is 9.59 Å². The predicted molar refractivity (Wildman–Crippen MR) is 89.7 cm³/mol. The lowest BCUT2D eigenvalue weighted by Crippen LogP contribution is -2.52. The Morgan fingerprint density at radius 1 is 1.17 bits per heavy atom. The van der Waals surface area contributed by atoms with E-state index in [4.69, 9.17) is 4.74 Å². The highest BCUT2D eigenvalue weighted by molar-refractivity contribution is 6.35. The van der Waals surface area contributed by atoms with Gasteiger partial charge in [0.05, 0.1) is 12.8 Å². The van der Waals surface area contributed by atoms with Crippen LogP contribution in [0.15, 0.2) is 24.3 Å². The standard InChI is InChI=1S/C17H25N3O3/c1-3-4-9-18-16(21)17(22)20-12-10-19(11-13-20)14-7-5-6-8-15(14)23-2/h5-8H,3-4,9-13H2,1-2H3,(H,18,21). The van der Waals surface area contributed by atoms with Gasteiger partial charge < -0.3 is 19.9 Å². The first kappa shape index (κ1) is 17.1. The number of unbranched alkanes of at least 4 members (excludes halogenated alkanes) is 1. The van der Waals surface area contributed by atoms with Gasteiger partial charge in [-0.2, -0.15) is 0 Å². The Kier molecular flexibility index (Phi) is 6.26. The molecule has 0 aromatic heterocycles. The van der Waals surface area contributed by atoms with Crippen LogP contribution in [0, 0.1) is 0 Å². The number of carbonyl (C=O) groups excluding carboxylic acids is 2. The summed E-state index contributed by atoms with van der Waals surface area (Å²) in [6, 6.07) is 7.83. The third kappa shape index (κ3) is 4.37. The van der Waals surface area contributed by atoms with Crippen LogP contribution < -0.4 is 15.0 Å². The summed E-state index contributed by atoms with van der Waals surface area (Å²) < 4.78 is 5.38. The molecule has 2 amide bonds. The van der Waals surface area contributed by atoms with E-state index in [0.717, 1.165) is 24.3 Å². The molecule has 1 aliphatic rings. The molecule has 0 spiro atoms. The number of nitrogens with zero attached hydrogens (tertiary/aromatic N) is 2. The van der Waals surface area contributed by atoms with Gasteiger partial charge in [0, 0.05) is 32.7 Å². The summed E-state index contributed by atoms with van der Waals surface area (Å²) in [6.45, 7) is 5.06. The Labute approximate surface area is 137 Å². The minimum atomic E-state index is -0.496. The molecule has 0 aliphatic carbocycles. The van der Waals surface area contributed by atoms with Crippen molar-refractivity contribution in [2.45, 2.75) is 19.8 Å². The van der Waals surface area contributed by atoms with E-state index in [-0.39, 0.29) is 0 Å². The van der Waals surface area contributed by atoms with E-state index in [1.54, 1.807) is 12.0 Å². The first-order valence-corrected chi connectivity index (χ1v) is 8.12. The van der Waals surface area contributed by atoms with Crippen LogP contribution in [0.2, 0.25) is 0 Å². The van der Waals surface area contributed by atoms with Crippen LogP contribution >= 0.6 is 0 Å². The summed E-state index contributed by atoms with van der Waals surface area (Å²) in [5, 5.41) is 2.68. The van der Waals surface area contributed by atoms with Crippen molar-refractivity contribution < 1.29 is 14.3 Å². The summed E-state index contributed by atoms with van der Waals surface area (Å²) in [5.41, 5.74) is 1.02. The fraction of sp³-hybridized carbons (Fsp3) is 0.529. The quantitative estimate of drug-likeness (QED) is 0.656. The highest BCUT2D eigenvalue weighted by Crippen LogP contribution is 2.28. The molecule has 6 heteroatoms. The zero-order valence-corrected chi connectivity index (χ0v) is 13.9. The lowest BCUT2D eigenvalue weighted by Gasteiger charge is -2.36. The van der Waals surface area contributed by atoms with Crippen molar-refractivity contribution in [2.75, 3.05) is 44.7 Å². The molecule has 2 rings (SSSR count). The minimum Gasteiger partial charge on any atom is -0.495 e. The summed E-state index contributed by atoms with van der Waals surface area (Å²) in [4.78, 5) is 27.8. The summed E-state index contributed by atoms with van der Waals surface area (Å²) in [6.07, 6.45) is 1.88. The molecular formula is C17H25N3O3. The number of para-hydroxylation sites is 2. The normalized spacial score (nSPS) is 14.5. The summed E-state index contributed by atoms with van der Waals surface area (Å²) in [5.74, 6) is -0.102. The molecule has 0 unspecified atom stereocenters. The first-order valence-electron chi connectivity index (χ1n) is 8.12. The Hall–Kier alpha value is -2.24. The van der Waals surface area contributed by atoms with Gasteiger partial charge in [-0.25, -0.2) is 0 Å². The van der Waals surface area contributed by atoms with Gasteiger partial charge in [0.2, 0.25) is 0 Å². The maximum atomic E-state index is 12.1.